The molecule has 1 aromatic carbocycles. The number of rotatable bonds is 2. The number of aromatic nitrogens is 4. The van der Waals surface area contributed by atoms with Gasteiger partial charge in [-0.2, -0.15) is 13.2 Å². The summed E-state index contributed by atoms with van der Waals surface area (Å²) in [4.78, 5) is 6.09. The first-order chi connectivity index (χ1) is 11.9. The van der Waals surface area contributed by atoms with Crippen LogP contribution in [0, 0.1) is 0 Å². The Morgan fingerprint density at radius 1 is 1.24 bits per heavy atom. The van der Waals surface area contributed by atoms with Gasteiger partial charge in [-0.05, 0) is 24.1 Å². The minimum Gasteiger partial charge on any atom is -0.391 e. The van der Waals surface area contributed by atoms with E-state index in [1.807, 2.05) is 0 Å². The molecule has 0 unspecified atom stereocenters. The lowest BCUT2D eigenvalue weighted by atomic mass is 10.0. The molecule has 4 rings (SSSR count). The van der Waals surface area contributed by atoms with Crippen molar-refractivity contribution in [1.82, 2.24) is 19.6 Å². The fourth-order valence-corrected chi connectivity index (χ4v) is 3.23. The summed E-state index contributed by atoms with van der Waals surface area (Å²) < 4.78 is 40.7. The van der Waals surface area contributed by atoms with Gasteiger partial charge in [-0.1, -0.05) is 12.1 Å². The van der Waals surface area contributed by atoms with Crippen LogP contribution < -0.4 is 4.90 Å². The van der Waals surface area contributed by atoms with Gasteiger partial charge in [0.25, 0.3) is 0 Å². The molecule has 0 amide bonds. The first-order valence-electron chi connectivity index (χ1n) is 7.69. The van der Waals surface area contributed by atoms with Gasteiger partial charge in [0.15, 0.2) is 5.82 Å². The summed E-state index contributed by atoms with van der Waals surface area (Å²) >= 11 is 0. The molecular weight excluding hydrogens is 335 g/mol. The maximum Gasteiger partial charge on any atom is 0.416 e. The second-order valence-electron chi connectivity index (χ2n) is 5.99. The Labute approximate surface area is 140 Å². The van der Waals surface area contributed by atoms with E-state index in [9.17, 15) is 18.3 Å². The molecule has 1 aliphatic heterocycles. The van der Waals surface area contributed by atoms with Crippen LogP contribution >= 0.6 is 0 Å². The van der Waals surface area contributed by atoms with Crippen molar-refractivity contribution in [1.29, 1.82) is 0 Å². The molecule has 0 radical (unpaired) electrons. The van der Waals surface area contributed by atoms with Crippen LogP contribution in [0.3, 0.4) is 0 Å². The summed E-state index contributed by atoms with van der Waals surface area (Å²) in [5.74, 6) is 0.485. The molecule has 3 heterocycles. The number of hydrogen-bond donors (Lipinski definition) is 1. The number of halogens is 3. The molecule has 6 nitrogen and oxygen atoms in total. The van der Waals surface area contributed by atoms with Crippen molar-refractivity contribution in [2.24, 2.45) is 0 Å². The zero-order valence-corrected chi connectivity index (χ0v) is 12.9. The lowest BCUT2D eigenvalue weighted by molar-refractivity contribution is -0.137. The minimum atomic E-state index is -4.41. The lowest BCUT2D eigenvalue weighted by Gasteiger charge is -2.26. The van der Waals surface area contributed by atoms with Crippen molar-refractivity contribution >= 4 is 11.5 Å². The van der Waals surface area contributed by atoms with Gasteiger partial charge in [0, 0.05) is 18.9 Å². The Hall–Kier alpha value is -2.68. The zero-order chi connectivity index (χ0) is 17.6. The van der Waals surface area contributed by atoms with Crippen LogP contribution in [0.4, 0.5) is 19.0 Å². The number of anilines is 1. The van der Waals surface area contributed by atoms with Crippen molar-refractivity contribution < 1.29 is 18.3 Å². The van der Waals surface area contributed by atoms with Gasteiger partial charge in [-0.3, -0.25) is 4.40 Å². The predicted molar refractivity (Wildman–Crippen MR) is 82.9 cm³/mol. The molecule has 0 bridgehead atoms. The molecule has 0 aliphatic carbocycles. The summed E-state index contributed by atoms with van der Waals surface area (Å²) in [6.07, 6.45) is 0.0161. The third-order valence-electron chi connectivity index (χ3n) is 4.35. The highest BCUT2D eigenvalue weighted by Gasteiger charge is 2.36. The molecule has 1 N–H and O–H groups in total. The lowest BCUT2D eigenvalue weighted by Crippen LogP contribution is -2.26. The topological polar surface area (TPSA) is 66.5 Å². The molecule has 2 atom stereocenters. The largest absolute Gasteiger partial charge is 0.416 e. The van der Waals surface area contributed by atoms with E-state index in [4.69, 9.17) is 0 Å². The number of hydrogen-bond acceptors (Lipinski definition) is 5. The minimum absolute atomic E-state index is 0.264. The first-order valence-corrected chi connectivity index (χ1v) is 7.69. The van der Waals surface area contributed by atoms with Gasteiger partial charge in [-0.25, -0.2) is 4.98 Å². The normalized spacial score (nSPS) is 21.2. The van der Waals surface area contributed by atoms with Crippen LogP contribution in [-0.2, 0) is 6.18 Å². The number of β-amino-alcohol motifs (C(OH)–C–C–N with tert-alkyl or cyclic N) is 1. The molecule has 130 valence electrons. The van der Waals surface area contributed by atoms with Gasteiger partial charge in [-0.15, -0.1) is 10.2 Å². The fourth-order valence-electron chi connectivity index (χ4n) is 3.23. The summed E-state index contributed by atoms with van der Waals surface area (Å²) in [5, 5.41) is 18.0. The maximum absolute atomic E-state index is 13.0. The molecule has 0 saturated carbocycles. The molecular formula is C16H14F3N5O. The molecule has 1 saturated heterocycles. The van der Waals surface area contributed by atoms with Gasteiger partial charge < -0.3 is 10.0 Å². The first kappa shape index (κ1) is 15.8. The van der Waals surface area contributed by atoms with Gasteiger partial charge in [0.2, 0.25) is 5.65 Å². The van der Waals surface area contributed by atoms with E-state index in [1.54, 1.807) is 27.8 Å². The second kappa shape index (κ2) is 5.69. The standard InChI is InChI=1S/C16H14F3N5O/c17-16(18,19)11-3-1-2-10(6-11)13-7-12(25)8-24(13)14-15-22-21-9-23(15)5-4-20-14/h1-6,9,12-13,25H,7-8H2/t12-,13+/m1/s1. The summed E-state index contributed by atoms with van der Waals surface area (Å²) in [5.41, 5.74) is 0.267. The number of fused-ring (bicyclic) bond motifs is 1. The number of alkyl halides is 3. The van der Waals surface area contributed by atoms with E-state index in [0.717, 1.165) is 12.1 Å². The average molecular weight is 349 g/mol. The highest BCUT2D eigenvalue weighted by Crippen LogP contribution is 2.38. The van der Waals surface area contributed by atoms with Crippen molar-refractivity contribution in [3.8, 4) is 0 Å². The number of aliphatic hydroxyl groups excluding tert-OH is 1. The maximum atomic E-state index is 13.0. The average Bonchev–Trinajstić information content (AvgIpc) is 3.20. The molecule has 25 heavy (non-hydrogen) atoms. The van der Waals surface area contributed by atoms with Crippen molar-refractivity contribution in [3.05, 3.63) is 54.1 Å². The van der Waals surface area contributed by atoms with Crippen LogP contribution in [0.5, 0.6) is 0 Å². The molecule has 1 fully saturated rings. The van der Waals surface area contributed by atoms with Gasteiger partial charge >= 0.3 is 6.18 Å². The molecule has 1 aliphatic rings. The van der Waals surface area contributed by atoms with Gasteiger partial charge in [0.1, 0.15) is 6.33 Å². The predicted octanol–water partition coefficient (Wildman–Crippen LogP) is 2.46. The Morgan fingerprint density at radius 2 is 2.08 bits per heavy atom. The Balaban J connectivity index is 1.77. The van der Waals surface area contributed by atoms with E-state index < -0.39 is 23.9 Å². The van der Waals surface area contributed by atoms with E-state index in [2.05, 4.69) is 15.2 Å². The van der Waals surface area contributed by atoms with Crippen molar-refractivity contribution in [2.75, 3.05) is 11.4 Å². The highest BCUT2D eigenvalue weighted by molar-refractivity contribution is 5.65. The number of aliphatic hydroxyl groups is 1. The summed E-state index contributed by atoms with van der Waals surface area (Å²) in [6, 6.07) is 4.75. The van der Waals surface area contributed by atoms with E-state index in [1.165, 1.54) is 12.4 Å². The summed E-state index contributed by atoms with van der Waals surface area (Å²) in [6.45, 7) is 0.264. The van der Waals surface area contributed by atoms with Gasteiger partial charge in [0.05, 0.1) is 17.7 Å². The Bertz CT molecular complexity index is 910. The quantitative estimate of drug-likeness (QED) is 0.770. The van der Waals surface area contributed by atoms with Crippen molar-refractivity contribution in [3.63, 3.8) is 0 Å². The third-order valence-corrected chi connectivity index (χ3v) is 4.35. The van der Waals surface area contributed by atoms with Crippen molar-refractivity contribution in [2.45, 2.75) is 24.7 Å². The fraction of sp³-hybridized carbons (Fsp3) is 0.312. The smallest absolute Gasteiger partial charge is 0.391 e. The Kier molecular flexibility index (Phi) is 3.60. The number of benzene rings is 1. The van der Waals surface area contributed by atoms with Crippen LogP contribution in [-0.4, -0.2) is 37.3 Å². The Morgan fingerprint density at radius 3 is 2.88 bits per heavy atom. The SMILES string of the molecule is O[C@@H]1C[C@@H](c2cccc(C(F)(F)F)c2)N(c2nccn3cnnc23)C1. The van der Waals surface area contributed by atoms with E-state index in [-0.39, 0.29) is 6.54 Å². The zero-order valence-electron chi connectivity index (χ0n) is 12.9. The van der Waals surface area contributed by atoms with Crippen LogP contribution in [0.1, 0.15) is 23.6 Å². The number of nitrogens with zero attached hydrogens (tertiary/aromatic N) is 5. The van der Waals surface area contributed by atoms with E-state index in [0.29, 0.717) is 23.4 Å². The molecule has 9 heteroatoms. The summed E-state index contributed by atoms with van der Waals surface area (Å²) in [7, 11) is 0. The molecule has 3 aromatic rings. The molecule has 0 spiro atoms. The highest BCUT2D eigenvalue weighted by atomic mass is 19.4. The van der Waals surface area contributed by atoms with E-state index >= 15 is 0 Å². The van der Waals surface area contributed by atoms with Crippen LogP contribution in [0.25, 0.3) is 5.65 Å². The van der Waals surface area contributed by atoms with Crippen LogP contribution in [0.2, 0.25) is 0 Å². The third kappa shape index (κ3) is 2.80. The van der Waals surface area contributed by atoms with Crippen LogP contribution in [0.15, 0.2) is 43.0 Å². The molecule has 2 aromatic heterocycles. The second-order valence-corrected chi connectivity index (χ2v) is 5.99. The monoisotopic (exact) mass is 349 g/mol.